The minimum atomic E-state index is -0.164. The van der Waals surface area contributed by atoms with E-state index >= 15 is 0 Å². The van der Waals surface area contributed by atoms with E-state index in [-0.39, 0.29) is 5.97 Å². The Bertz CT molecular complexity index is 429. The van der Waals surface area contributed by atoms with E-state index in [0.29, 0.717) is 13.2 Å². The minimum Gasteiger partial charge on any atom is -0.460 e. The minimum absolute atomic E-state index is 0.164. The van der Waals surface area contributed by atoms with Gasteiger partial charge in [0.2, 0.25) is 0 Å². The zero-order chi connectivity index (χ0) is 16.2. The van der Waals surface area contributed by atoms with Crippen molar-refractivity contribution in [3.8, 4) is 0 Å². The van der Waals surface area contributed by atoms with Crippen LogP contribution in [0, 0.1) is 0 Å². The van der Waals surface area contributed by atoms with Crippen LogP contribution in [-0.4, -0.2) is 69.8 Å². The predicted molar refractivity (Wildman–Crippen MR) is 91.3 cm³/mol. The highest BCUT2D eigenvalue weighted by Crippen LogP contribution is 2.01. The number of carbonyl (C=O) groups excluding carboxylic acids is 1. The topological polar surface area (TPSA) is 65.6 Å². The maximum atomic E-state index is 12.0. The first-order valence-electron chi connectivity index (χ1n) is 8.38. The van der Waals surface area contributed by atoms with Crippen LogP contribution in [0.15, 0.2) is 30.3 Å². The SMILES string of the molecule is O=C(CN1CCNCCNCCNCC1)OCc1ccccc1. The number of hydrogen-bond acceptors (Lipinski definition) is 6. The van der Waals surface area contributed by atoms with Crippen LogP contribution in [0.25, 0.3) is 0 Å². The summed E-state index contributed by atoms with van der Waals surface area (Å²) in [6.07, 6.45) is 0. The Kier molecular flexibility index (Phi) is 8.65. The van der Waals surface area contributed by atoms with Crippen molar-refractivity contribution in [1.82, 2.24) is 20.9 Å². The smallest absolute Gasteiger partial charge is 0.320 e. The number of carbonyl (C=O) groups is 1. The summed E-state index contributed by atoms with van der Waals surface area (Å²) in [4.78, 5) is 14.2. The summed E-state index contributed by atoms with van der Waals surface area (Å²) in [5.41, 5.74) is 1.02. The van der Waals surface area contributed by atoms with Crippen LogP contribution in [0.3, 0.4) is 0 Å². The molecule has 0 spiro atoms. The molecule has 0 saturated carbocycles. The van der Waals surface area contributed by atoms with Crippen molar-refractivity contribution < 1.29 is 9.53 Å². The first-order valence-corrected chi connectivity index (χ1v) is 8.38. The summed E-state index contributed by atoms with van der Waals surface area (Å²) in [7, 11) is 0. The summed E-state index contributed by atoms with van der Waals surface area (Å²) in [6, 6.07) is 9.78. The molecule has 1 fully saturated rings. The molecule has 1 aromatic rings. The molecule has 23 heavy (non-hydrogen) atoms. The second-order valence-corrected chi connectivity index (χ2v) is 5.67. The van der Waals surface area contributed by atoms with Gasteiger partial charge in [-0.15, -0.1) is 0 Å². The molecular weight excluding hydrogens is 292 g/mol. The highest BCUT2D eigenvalue weighted by atomic mass is 16.5. The van der Waals surface area contributed by atoms with Crippen molar-refractivity contribution in [2.75, 3.05) is 58.9 Å². The highest BCUT2D eigenvalue weighted by molar-refractivity contribution is 5.71. The number of hydrogen-bond donors (Lipinski definition) is 3. The molecule has 0 unspecified atom stereocenters. The summed E-state index contributed by atoms with van der Waals surface area (Å²) >= 11 is 0. The first kappa shape index (κ1) is 17.9. The average molecular weight is 320 g/mol. The third-order valence-corrected chi connectivity index (χ3v) is 3.76. The van der Waals surface area contributed by atoms with E-state index in [4.69, 9.17) is 4.74 Å². The van der Waals surface area contributed by atoms with Gasteiger partial charge in [-0.2, -0.15) is 0 Å². The summed E-state index contributed by atoms with van der Waals surface area (Å²) < 4.78 is 5.37. The van der Waals surface area contributed by atoms with Crippen LogP contribution in [0.1, 0.15) is 5.56 Å². The third kappa shape index (κ3) is 8.08. The zero-order valence-electron chi connectivity index (χ0n) is 13.7. The van der Waals surface area contributed by atoms with Crippen LogP contribution in [0.2, 0.25) is 0 Å². The van der Waals surface area contributed by atoms with E-state index in [1.54, 1.807) is 0 Å². The van der Waals surface area contributed by atoms with Crippen LogP contribution in [0.4, 0.5) is 0 Å². The molecular formula is C17H28N4O2. The van der Waals surface area contributed by atoms with Gasteiger partial charge in [0.1, 0.15) is 6.61 Å². The van der Waals surface area contributed by atoms with Crippen molar-refractivity contribution in [3.05, 3.63) is 35.9 Å². The van der Waals surface area contributed by atoms with Gasteiger partial charge >= 0.3 is 5.97 Å². The fourth-order valence-corrected chi connectivity index (χ4v) is 2.44. The molecule has 6 nitrogen and oxygen atoms in total. The maximum Gasteiger partial charge on any atom is 0.320 e. The molecule has 0 radical (unpaired) electrons. The Morgan fingerprint density at radius 3 is 2.09 bits per heavy atom. The molecule has 1 heterocycles. The van der Waals surface area contributed by atoms with Crippen molar-refractivity contribution in [3.63, 3.8) is 0 Å². The highest BCUT2D eigenvalue weighted by Gasteiger charge is 2.12. The Hall–Kier alpha value is -1.47. The molecule has 6 heteroatoms. The standard InChI is InChI=1S/C17H28N4O2/c22-17(23-15-16-4-2-1-3-5-16)14-21-12-10-19-8-6-18-7-9-20-11-13-21/h1-5,18-20H,6-15H2. The zero-order valence-corrected chi connectivity index (χ0v) is 13.7. The molecule has 1 aliphatic rings. The molecule has 0 amide bonds. The second-order valence-electron chi connectivity index (χ2n) is 5.67. The number of nitrogens with zero attached hydrogens (tertiary/aromatic N) is 1. The van der Waals surface area contributed by atoms with E-state index < -0.39 is 0 Å². The summed E-state index contributed by atoms with van der Waals surface area (Å²) in [5, 5.41) is 10.1. The lowest BCUT2D eigenvalue weighted by Gasteiger charge is -2.22. The van der Waals surface area contributed by atoms with Crippen molar-refractivity contribution in [1.29, 1.82) is 0 Å². The fraction of sp³-hybridized carbons (Fsp3) is 0.588. The van der Waals surface area contributed by atoms with Gasteiger partial charge in [-0.1, -0.05) is 30.3 Å². The molecule has 0 atom stereocenters. The molecule has 1 aromatic carbocycles. The molecule has 0 aromatic heterocycles. The molecule has 2 rings (SSSR count). The lowest BCUT2D eigenvalue weighted by molar-refractivity contribution is -0.146. The van der Waals surface area contributed by atoms with E-state index in [9.17, 15) is 4.79 Å². The van der Waals surface area contributed by atoms with E-state index in [0.717, 1.165) is 57.9 Å². The van der Waals surface area contributed by atoms with Crippen LogP contribution < -0.4 is 16.0 Å². The number of esters is 1. The van der Waals surface area contributed by atoms with Gasteiger partial charge in [0.25, 0.3) is 0 Å². The molecule has 0 bridgehead atoms. The summed E-state index contributed by atoms with van der Waals surface area (Å²) in [6.45, 7) is 8.00. The van der Waals surface area contributed by atoms with Crippen molar-refractivity contribution in [2.45, 2.75) is 6.61 Å². The van der Waals surface area contributed by atoms with E-state index in [1.165, 1.54) is 0 Å². The predicted octanol–water partition coefficient (Wildman–Crippen LogP) is -0.186. The quantitative estimate of drug-likeness (QED) is 0.669. The normalized spacial score (nSPS) is 18.6. The van der Waals surface area contributed by atoms with E-state index in [2.05, 4.69) is 20.9 Å². The molecule has 1 aliphatic heterocycles. The van der Waals surface area contributed by atoms with E-state index in [1.807, 2.05) is 30.3 Å². The molecule has 128 valence electrons. The fourth-order valence-electron chi connectivity index (χ4n) is 2.44. The lowest BCUT2D eigenvalue weighted by atomic mass is 10.2. The van der Waals surface area contributed by atoms with Gasteiger partial charge in [0.15, 0.2) is 0 Å². The van der Waals surface area contributed by atoms with Crippen molar-refractivity contribution in [2.24, 2.45) is 0 Å². The van der Waals surface area contributed by atoms with Gasteiger partial charge in [0.05, 0.1) is 6.54 Å². The molecule has 0 aliphatic carbocycles. The van der Waals surface area contributed by atoms with Gasteiger partial charge in [-0.3, -0.25) is 9.69 Å². The molecule has 1 saturated heterocycles. The Labute approximate surface area is 138 Å². The lowest BCUT2D eigenvalue weighted by Crippen LogP contribution is -2.43. The number of nitrogens with one attached hydrogen (secondary N) is 3. The van der Waals surface area contributed by atoms with Crippen LogP contribution >= 0.6 is 0 Å². The summed E-state index contributed by atoms with van der Waals surface area (Å²) in [5.74, 6) is -0.164. The monoisotopic (exact) mass is 320 g/mol. The second kappa shape index (κ2) is 11.1. The van der Waals surface area contributed by atoms with Crippen LogP contribution in [-0.2, 0) is 16.1 Å². The van der Waals surface area contributed by atoms with Gasteiger partial charge in [0, 0.05) is 52.4 Å². The van der Waals surface area contributed by atoms with Gasteiger partial charge < -0.3 is 20.7 Å². The average Bonchev–Trinajstić information content (AvgIpc) is 2.56. The third-order valence-electron chi connectivity index (χ3n) is 3.76. The largest absolute Gasteiger partial charge is 0.460 e. The number of ether oxygens (including phenoxy) is 1. The Balaban J connectivity index is 1.72. The first-order chi connectivity index (χ1) is 11.3. The van der Waals surface area contributed by atoms with Crippen LogP contribution in [0.5, 0.6) is 0 Å². The van der Waals surface area contributed by atoms with Gasteiger partial charge in [-0.25, -0.2) is 0 Å². The maximum absolute atomic E-state index is 12.0. The Morgan fingerprint density at radius 1 is 0.913 bits per heavy atom. The van der Waals surface area contributed by atoms with Crippen molar-refractivity contribution >= 4 is 5.97 Å². The Morgan fingerprint density at radius 2 is 1.48 bits per heavy atom. The number of rotatable bonds is 4. The number of benzene rings is 1. The van der Waals surface area contributed by atoms with Gasteiger partial charge in [-0.05, 0) is 5.56 Å². The molecule has 3 N–H and O–H groups in total.